The molecule has 1 amide bonds. The molecule has 0 bridgehead atoms. The Hall–Kier alpha value is -5.47. The SMILES string of the molecule is CCOC(=O)C1=C(C)NC(=S)N[C@@H]1c1ccccc1OCC(=O)NN=Cc1c(C)n(Cc2ccccc2C#N)c2ccccc12. The summed E-state index contributed by atoms with van der Waals surface area (Å²) < 4.78 is 13.3. The second-order valence-electron chi connectivity index (χ2n) is 10.3. The van der Waals surface area contributed by atoms with Gasteiger partial charge in [0.2, 0.25) is 0 Å². The zero-order valence-electron chi connectivity index (χ0n) is 25.1. The Labute approximate surface area is 266 Å². The second-order valence-corrected chi connectivity index (χ2v) is 10.7. The number of nitriles is 1. The number of ether oxygens (including phenoxy) is 2. The largest absolute Gasteiger partial charge is 0.483 e. The predicted molar refractivity (Wildman–Crippen MR) is 176 cm³/mol. The monoisotopic (exact) mass is 620 g/mol. The maximum absolute atomic E-state index is 12.8. The van der Waals surface area contributed by atoms with Gasteiger partial charge in [-0.3, -0.25) is 4.79 Å². The van der Waals surface area contributed by atoms with Crippen molar-refractivity contribution in [2.24, 2.45) is 5.10 Å². The number of hydrogen-bond acceptors (Lipinski definition) is 7. The number of para-hydroxylation sites is 2. The summed E-state index contributed by atoms with van der Waals surface area (Å²) in [5, 5.41) is 21.2. The number of fused-ring (bicyclic) bond motifs is 1. The van der Waals surface area contributed by atoms with E-state index < -0.39 is 17.9 Å². The minimum atomic E-state index is -0.629. The molecule has 5 rings (SSSR count). The quantitative estimate of drug-likeness (QED) is 0.100. The van der Waals surface area contributed by atoms with E-state index in [4.69, 9.17) is 21.7 Å². The molecule has 3 aromatic carbocycles. The molecule has 4 aromatic rings. The summed E-state index contributed by atoms with van der Waals surface area (Å²) in [6, 6.07) is 24.2. The van der Waals surface area contributed by atoms with E-state index in [9.17, 15) is 14.9 Å². The zero-order valence-corrected chi connectivity index (χ0v) is 25.9. The van der Waals surface area contributed by atoms with Gasteiger partial charge >= 0.3 is 5.97 Å². The van der Waals surface area contributed by atoms with E-state index in [1.54, 1.807) is 38.3 Å². The highest BCUT2D eigenvalue weighted by Gasteiger charge is 2.32. The Morgan fingerprint density at radius 1 is 1.09 bits per heavy atom. The lowest BCUT2D eigenvalue weighted by Crippen LogP contribution is -2.45. The van der Waals surface area contributed by atoms with E-state index in [1.165, 1.54) is 0 Å². The van der Waals surface area contributed by atoms with E-state index in [-0.39, 0.29) is 13.2 Å². The maximum atomic E-state index is 12.8. The number of thiocarbonyl (C=S) groups is 1. The summed E-state index contributed by atoms with van der Waals surface area (Å²) >= 11 is 5.34. The van der Waals surface area contributed by atoms with Gasteiger partial charge in [0, 0.05) is 40.0 Å². The third-order valence-electron chi connectivity index (χ3n) is 7.48. The number of nitrogens with one attached hydrogen (secondary N) is 3. The molecule has 0 radical (unpaired) electrons. The molecule has 228 valence electrons. The van der Waals surface area contributed by atoms with Gasteiger partial charge in [0.1, 0.15) is 5.75 Å². The first-order chi connectivity index (χ1) is 21.8. The smallest absolute Gasteiger partial charge is 0.338 e. The van der Waals surface area contributed by atoms with Crippen LogP contribution in [0.3, 0.4) is 0 Å². The van der Waals surface area contributed by atoms with Gasteiger partial charge in [-0.2, -0.15) is 10.4 Å². The number of allylic oxidation sites excluding steroid dienone is 1. The molecule has 11 heteroatoms. The third kappa shape index (κ3) is 6.71. The van der Waals surface area contributed by atoms with Gasteiger partial charge in [-0.05, 0) is 56.8 Å². The van der Waals surface area contributed by atoms with Crippen LogP contribution in [0, 0.1) is 18.3 Å². The van der Waals surface area contributed by atoms with Gasteiger partial charge in [0.25, 0.3) is 5.91 Å². The number of carbonyl (C=O) groups is 2. The Kier molecular flexibility index (Phi) is 9.55. The van der Waals surface area contributed by atoms with Gasteiger partial charge in [0.05, 0.1) is 36.1 Å². The van der Waals surface area contributed by atoms with Gasteiger partial charge < -0.3 is 24.7 Å². The van der Waals surface area contributed by atoms with Crippen LogP contribution in [-0.2, 0) is 20.9 Å². The first kappa shape index (κ1) is 31.0. The Morgan fingerprint density at radius 3 is 2.62 bits per heavy atom. The van der Waals surface area contributed by atoms with Crippen LogP contribution >= 0.6 is 12.2 Å². The van der Waals surface area contributed by atoms with Crippen molar-refractivity contribution in [1.82, 2.24) is 20.6 Å². The normalized spacial score (nSPS) is 14.5. The van der Waals surface area contributed by atoms with Crippen LogP contribution in [0.1, 0.15) is 47.8 Å². The molecule has 1 atom stereocenters. The fourth-order valence-corrected chi connectivity index (χ4v) is 5.63. The number of amides is 1. The zero-order chi connectivity index (χ0) is 31.9. The van der Waals surface area contributed by atoms with Crippen molar-refractivity contribution < 1.29 is 19.1 Å². The number of hydrazone groups is 1. The van der Waals surface area contributed by atoms with Crippen LogP contribution < -0.4 is 20.8 Å². The summed E-state index contributed by atoms with van der Waals surface area (Å²) in [5.74, 6) is -0.531. The lowest BCUT2D eigenvalue weighted by molar-refractivity contribution is -0.139. The number of hydrogen-bond donors (Lipinski definition) is 3. The van der Waals surface area contributed by atoms with Crippen molar-refractivity contribution in [1.29, 1.82) is 5.26 Å². The van der Waals surface area contributed by atoms with Gasteiger partial charge in [-0.25, -0.2) is 10.2 Å². The predicted octanol–water partition coefficient (Wildman–Crippen LogP) is 4.75. The summed E-state index contributed by atoms with van der Waals surface area (Å²) in [4.78, 5) is 25.6. The Balaban J connectivity index is 1.31. The van der Waals surface area contributed by atoms with Crippen LogP contribution in [0.4, 0.5) is 0 Å². The number of esters is 1. The van der Waals surface area contributed by atoms with Crippen LogP contribution in [-0.4, -0.2) is 41.0 Å². The summed E-state index contributed by atoms with van der Waals surface area (Å²) in [5.41, 5.74) is 8.47. The standard InChI is InChI=1S/C34H32N6O4S/c1-4-43-33(42)31-21(2)37-34(45)38-32(31)26-14-8-10-16-29(26)44-20-30(41)39-36-18-27-22(3)40(28-15-9-7-13-25(27)28)19-24-12-6-5-11-23(24)17-35/h5-16,18,32H,4,19-20H2,1-3H3,(H,39,41)(H2,37,38,45)/t32-/m1/s1. The highest BCUT2D eigenvalue weighted by Crippen LogP contribution is 2.33. The molecule has 3 N–H and O–H groups in total. The molecule has 0 saturated heterocycles. The number of benzene rings is 3. The molecule has 0 fully saturated rings. The Bertz CT molecular complexity index is 1890. The highest BCUT2D eigenvalue weighted by molar-refractivity contribution is 7.80. The molecule has 0 saturated carbocycles. The molecule has 1 aliphatic heterocycles. The Morgan fingerprint density at radius 2 is 1.82 bits per heavy atom. The molecule has 2 heterocycles. The summed E-state index contributed by atoms with van der Waals surface area (Å²) in [7, 11) is 0. The molecule has 10 nitrogen and oxygen atoms in total. The molecule has 1 aliphatic rings. The fourth-order valence-electron chi connectivity index (χ4n) is 5.36. The average molecular weight is 621 g/mol. The van der Waals surface area contributed by atoms with Crippen molar-refractivity contribution in [2.75, 3.05) is 13.2 Å². The van der Waals surface area contributed by atoms with Gasteiger partial charge in [-0.15, -0.1) is 0 Å². The molecule has 0 unspecified atom stereocenters. The lowest BCUT2D eigenvalue weighted by atomic mass is 9.95. The first-order valence-electron chi connectivity index (χ1n) is 14.4. The average Bonchev–Trinajstić information content (AvgIpc) is 3.30. The second kappa shape index (κ2) is 13.9. The topological polar surface area (TPSA) is 130 Å². The van der Waals surface area contributed by atoms with Crippen LogP contribution in [0.5, 0.6) is 5.75 Å². The number of nitrogens with zero attached hydrogens (tertiary/aromatic N) is 3. The van der Waals surface area contributed by atoms with Crippen molar-refractivity contribution in [3.05, 3.63) is 112 Å². The molecule has 0 spiro atoms. The molecular weight excluding hydrogens is 588 g/mol. The van der Waals surface area contributed by atoms with Crippen LogP contribution in [0.25, 0.3) is 10.9 Å². The number of carbonyl (C=O) groups excluding carboxylic acids is 2. The summed E-state index contributed by atoms with van der Waals surface area (Å²) in [6.45, 7) is 5.91. The summed E-state index contributed by atoms with van der Waals surface area (Å²) in [6.07, 6.45) is 1.62. The molecule has 0 aliphatic carbocycles. The van der Waals surface area contributed by atoms with E-state index in [2.05, 4.69) is 31.8 Å². The highest BCUT2D eigenvalue weighted by atomic mass is 32.1. The lowest BCUT2D eigenvalue weighted by Gasteiger charge is -2.30. The van der Waals surface area contributed by atoms with E-state index in [0.717, 1.165) is 27.7 Å². The first-order valence-corrected chi connectivity index (χ1v) is 14.8. The minimum Gasteiger partial charge on any atom is -0.483 e. The van der Waals surface area contributed by atoms with E-state index in [1.807, 2.05) is 61.5 Å². The minimum absolute atomic E-state index is 0.223. The van der Waals surface area contributed by atoms with Crippen molar-refractivity contribution in [3.63, 3.8) is 0 Å². The van der Waals surface area contributed by atoms with Crippen molar-refractivity contribution in [3.8, 4) is 11.8 Å². The number of aromatic nitrogens is 1. The van der Waals surface area contributed by atoms with E-state index >= 15 is 0 Å². The van der Waals surface area contributed by atoms with Crippen molar-refractivity contribution in [2.45, 2.75) is 33.4 Å². The van der Waals surface area contributed by atoms with Gasteiger partial charge in [-0.1, -0.05) is 54.6 Å². The van der Waals surface area contributed by atoms with Gasteiger partial charge in [0.15, 0.2) is 11.7 Å². The number of rotatable bonds is 10. The maximum Gasteiger partial charge on any atom is 0.338 e. The van der Waals surface area contributed by atoms with Crippen LogP contribution in [0.2, 0.25) is 0 Å². The van der Waals surface area contributed by atoms with E-state index in [0.29, 0.717) is 39.8 Å². The third-order valence-corrected chi connectivity index (χ3v) is 7.70. The molecular formula is C34H32N6O4S. The van der Waals surface area contributed by atoms with Crippen LogP contribution in [0.15, 0.2) is 89.2 Å². The fraction of sp³-hybridized carbons (Fsp3) is 0.206. The van der Waals surface area contributed by atoms with Crippen molar-refractivity contribution >= 4 is 46.3 Å². The molecule has 45 heavy (non-hydrogen) atoms. The molecule has 1 aromatic heterocycles.